The minimum atomic E-state index is 0.431. The molecule has 2 nitrogen and oxygen atoms in total. The van der Waals surface area contributed by atoms with Crippen LogP contribution in [0.4, 0.5) is 0 Å². The maximum absolute atomic E-state index is 5.23. The van der Waals surface area contributed by atoms with Gasteiger partial charge in [0.25, 0.3) is 0 Å². The van der Waals surface area contributed by atoms with Gasteiger partial charge in [0.2, 0.25) is 0 Å². The Labute approximate surface area is 89.4 Å². The van der Waals surface area contributed by atoms with E-state index in [0.29, 0.717) is 6.79 Å². The average Bonchev–Trinajstić information content (AvgIpc) is 2.16. The molecule has 0 bridgehead atoms. The Bertz CT molecular complexity index is 115. The summed E-state index contributed by atoms with van der Waals surface area (Å²) in [5.74, 6) is 0. The molecule has 0 radical (unpaired) electrons. The first-order valence-electron chi connectivity index (χ1n) is 4.78. The van der Waals surface area contributed by atoms with E-state index < -0.39 is 0 Å². The summed E-state index contributed by atoms with van der Waals surface area (Å²) in [6.45, 7) is 4.06. The molecule has 0 aromatic carbocycles. The molecule has 78 valence electrons. The number of alkyl halides is 1. The molecule has 0 atom stereocenters. The van der Waals surface area contributed by atoms with Crippen LogP contribution in [0, 0.1) is 0 Å². The highest BCUT2D eigenvalue weighted by molar-refractivity contribution is 9.09. The smallest absolute Gasteiger partial charge is 0.146 e. The predicted octanol–water partition coefficient (Wildman–Crippen LogP) is 3.12. The fourth-order valence-corrected chi connectivity index (χ4v) is 1.04. The first-order valence-corrected chi connectivity index (χ1v) is 5.90. The maximum atomic E-state index is 5.23. The molecule has 0 aliphatic heterocycles. The lowest BCUT2D eigenvalue weighted by Crippen LogP contribution is -2.01. The minimum absolute atomic E-state index is 0.431. The van der Waals surface area contributed by atoms with Gasteiger partial charge in [-0.05, 0) is 19.3 Å². The molecule has 3 heteroatoms. The highest BCUT2D eigenvalue weighted by Crippen LogP contribution is 1.92. The summed E-state index contributed by atoms with van der Waals surface area (Å²) >= 11 is 3.36. The summed E-state index contributed by atoms with van der Waals surface area (Å²) < 4.78 is 10.4. The number of halogens is 1. The zero-order valence-corrected chi connectivity index (χ0v) is 9.88. The van der Waals surface area contributed by atoms with Crippen LogP contribution in [-0.2, 0) is 9.47 Å². The van der Waals surface area contributed by atoms with Crippen LogP contribution in [0.1, 0.15) is 26.2 Å². The van der Waals surface area contributed by atoms with Gasteiger partial charge in [-0.25, -0.2) is 0 Å². The Morgan fingerprint density at radius 2 is 1.77 bits per heavy atom. The van der Waals surface area contributed by atoms with Crippen LogP contribution in [-0.4, -0.2) is 25.3 Å². The second kappa shape index (κ2) is 12.1. The molecule has 0 unspecified atom stereocenters. The van der Waals surface area contributed by atoms with E-state index in [1.807, 2.05) is 0 Å². The van der Waals surface area contributed by atoms with Gasteiger partial charge in [0.05, 0.1) is 6.61 Å². The lowest BCUT2D eigenvalue weighted by atomic mass is 10.3. The van der Waals surface area contributed by atoms with Crippen LogP contribution in [0.5, 0.6) is 0 Å². The number of hydrogen-bond donors (Lipinski definition) is 0. The van der Waals surface area contributed by atoms with Crippen molar-refractivity contribution in [1.82, 2.24) is 0 Å². The zero-order valence-electron chi connectivity index (χ0n) is 8.30. The third kappa shape index (κ3) is 12.1. The zero-order chi connectivity index (χ0) is 9.78. The third-order valence-electron chi connectivity index (χ3n) is 1.39. The van der Waals surface area contributed by atoms with E-state index >= 15 is 0 Å². The van der Waals surface area contributed by atoms with Gasteiger partial charge >= 0.3 is 0 Å². The second-order valence-electron chi connectivity index (χ2n) is 2.67. The molecule has 0 aromatic heterocycles. The summed E-state index contributed by atoms with van der Waals surface area (Å²) in [7, 11) is 0. The topological polar surface area (TPSA) is 18.5 Å². The number of rotatable bonds is 9. The van der Waals surface area contributed by atoms with E-state index in [1.54, 1.807) is 0 Å². The normalized spacial score (nSPS) is 11.2. The third-order valence-corrected chi connectivity index (χ3v) is 1.84. The molecule has 0 fully saturated rings. The van der Waals surface area contributed by atoms with Gasteiger partial charge in [0.1, 0.15) is 6.79 Å². The Morgan fingerprint density at radius 1 is 1.08 bits per heavy atom. The van der Waals surface area contributed by atoms with E-state index in [4.69, 9.17) is 9.47 Å². The SMILES string of the molecule is CCCOCOCCC=CCCBr. The van der Waals surface area contributed by atoms with Crippen molar-refractivity contribution in [3.8, 4) is 0 Å². The van der Waals surface area contributed by atoms with Crippen molar-refractivity contribution < 1.29 is 9.47 Å². The fraction of sp³-hybridized carbons (Fsp3) is 0.800. The Morgan fingerprint density at radius 3 is 2.46 bits per heavy atom. The van der Waals surface area contributed by atoms with Crippen molar-refractivity contribution in [2.45, 2.75) is 26.2 Å². The lowest BCUT2D eigenvalue weighted by Gasteiger charge is -2.02. The standard InChI is InChI=1S/C10H19BrO2/c1-2-8-12-10-13-9-6-4-3-5-7-11/h3-4H,2,5-10H2,1H3. The summed E-state index contributed by atoms with van der Waals surface area (Å²) in [4.78, 5) is 0. The highest BCUT2D eigenvalue weighted by Gasteiger charge is 1.85. The number of allylic oxidation sites excluding steroid dienone is 1. The van der Waals surface area contributed by atoms with Crippen molar-refractivity contribution >= 4 is 15.9 Å². The fourth-order valence-electron chi connectivity index (χ4n) is 0.771. The van der Waals surface area contributed by atoms with E-state index in [1.165, 1.54) is 0 Å². The first-order chi connectivity index (χ1) is 6.41. The van der Waals surface area contributed by atoms with Gasteiger partial charge in [-0.15, -0.1) is 0 Å². The van der Waals surface area contributed by atoms with Crippen LogP contribution >= 0.6 is 15.9 Å². The van der Waals surface area contributed by atoms with Crippen molar-refractivity contribution in [1.29, 1.82) is 0 Å². The molecule has 13 heavy (non-hydrogen) atoms. The van der Waals surface area contributed by atoms with Crippen molar-refractivity contribution in [3.63, 3.8) is 0 Å². The molecule has 0 aliphatic rings. The molecule has 0 aliphatic carbocycles. The van der Waals surface area contributed by atoms with Crippen molar-refractivity contribution in [3.05, 3.63) is 12.2 Å². The maximum Gasteiger partial charge on any atom is 0.146 e. The number of ether oxygens (including phenoxy) is 2. The van der Waals surface area contributed by atoms with E-state index in [0.717, 1.165) is 37.8 Å². The summed E-state index contributed by atoms with van der Waals surface area (Å²) in [6, 6.07) is 0. The van der Waals surface area contributed by atoms with Crippen LogP contribution in [0.2, 0.25) is 0 Å². The lowest BCUT2D eigenvalue weighted by molar-refractivity contribution is -0.0519. The van der Waals surface area contributed by atoms with Gasteiger partial charge in [0, 0.05) is 11.9 Å². The van der Waals surface area contributed by atoms with Gasteiger partial charge < -0.3 is 9.47 Å². The average molecular weight is 251 g/mol. The van der Waals surface area contributed by atoms with Gasteiger partial charge in [-0.2, -0.15) is 0 Å². The molecule has 0 heterocycles. The van der Waals surface area contributed by atoms with Gasteiger partial charge in [-0.3, -0.25) is 0 Å². The quantitative estimate of drug-likeness (QED) is 0.271. The Hall–Kier alpha value is 0.140. The largest absolute Gasteiger partial charge is 0.355 e. The van der Waals surface area contributed by atoms with E-state index in [-0.39, 0.29) is 0 Å². The molecule has 0 saturated heterocycles. The molecular weight excluding hydrogens is 232 g/mol. The summed E-state index contributed by atoms with van der Waals surface area (Å²) in [5.41, 5.74) is 0. The molecule has 0 N–H and O–H groups in total. The Kier molecular flexibility index (Phi) is 12.3. The van der Waals surface area contributed by atoms with Gasteiger partial charge in [-0.1, -0.05) is 35.0 Å². The molecule has 0 spiro atoms. The van der Waals surface area contributed by atoms with Crippen LogP contribution in [0.3, 0.4) is 0 Å². The monoisotopic (exact) mass is 250 g/mol. The molecule has 0 aromatic rings. The first kappa shape index (κ1) is 13.1. The predicted molar refractivity (Wildman–Crippen MR) is 59.2 cm³/mol. The van der Waals surface area contributed by atoms with E-state index in [9.17, 15) is 0 Å². The Balaban J connectivity index is 2.91. The van der Waals surface area contributed by atoms with Crippen LogP contribution in [0.15, 0.2) is 12.2 Å². The summed E-state index contributed by atoms with van der Waals surface area (Å²) in [6.07, 6.45) is 7.41. The van der Waals surface area contributed by atoms with Crippen LogP contribution < -0.4 is 0 Å². The molecule has 0 rings (SSSR count). The highest BCUT2D eigenvalue weighted by atomic mass is 79.9. The molecule has 0 saturated carbocycles. The van der Waals surface area contributed by atoms with Gasteiger partial charge in [0.15, 0.2) is 0 Å². The van der Waals surface area contributed by atoms with Crippen molar-refractivity contribution in [2.24, 2.45) is 0 Å². The van der Waals surface area contributed by atoms with Crippen LogP contribution in [0.25, 0.3) is 0 Å². The molecule has 0 amide bonds. The summed E-state index contributed by atoms with van der Waals surface area (Å²) in [5, 5.41) is 1.03. The van der Waals surface area contributed by atoms with E-state index in [2.05, 4.69) is 35.0 Å². The van der Waals surface area contributed by atoms with Crippen molar-refractivity contribution in [2.75, 3.05) is 25.3 Å². The minimum Gasteiger partial charge on any atom is -0.355 e. The number of hydrogen-bond acceptors (Lipinski definition) is 2. The second-order valence-corrected chi connectivity index (χ2v) is 3.47. The molecular formula is C10H19BrO2.